The van der Waals surface area contributed by atoms with E-state index in [1.54, 1.807) is 20.8 Å². The number of phenols is 2. The summed E-state index contributed by atoms with van der Waals surface area (Å²) in [6.45, 7) is 6.28. The first-order chi connectivity index (χ1) is 26.0. The van der Waals surface area contributed by atoms with Crippen LogP contribution < -0.4 is 10.5 Å². The SMILES string of the molecule is COc1cccc2c1C(=O)c1c(O)c3c(c(O)c1C2=O)C[C@@](O)(C(C)=O)C[C@@H]3O[C@H]1C[C@H](N)[C@H](O[C@H]2C[C@H](O)[C@H](O[C@H]3CCC(=O)[C@H](C)O3)[C@H](C)O2)[C@H](C)O1. The maximum Gasteiger partial charge on any atom is 0.202 e. The van der Waals surface area contributed by atoms with Crippen molar-refractivity contribution in [3.05, 3.63) is 51.6 Å². The van der Waals surface area contributed by atoms with Gasteiger partial charge in [-0.05, 0) is 33.8 Å². The number of carbonyl (C=O) groups excluding carboxylic acids is 4. The summed E-state index contributed by atoms with van der Waals surface area (Å²) in [6.07, 6.45) is -8.30. The number of ketones is 4. The molecule has 7 rings (SSSR count). The number of benzene rings is 2. The molecule has 298 valence electrons. The second-order valence-electron chi connectivity index (χ2n) is 15.1. The molecule has 2 aromatic carbocycles. The highest BCUT2D eigenvalue weighted by Gasteiger charge is 2.50. The van der Waals surface area contributed by atoms with Gasteiger partial charge in [-0.2, -0.15) is 0 Å². The van der Waals surface area contributed by atoms with Crippen molar-refractivity contribution in [2.45, 2.75) is 139 Å². The molecule has 0 saturated carbocycles. The lowest BCUT2D eigenvalue weighted by Gasteiger charge is -2.45. The Morgan fingerprint density at radius 3 is 2.16 bits per heavy atom. The first-order valence-electron chi connectivity index (χ1n) is 18.5. The molecule has 55 heavy (non-hydrogen) atoms. The monoisotopic (exact) mass is 769 g/mol. The number of nitrogens with two attached hydrogens (primary N) is 1. The molecule has 0 amide bonds. The average Bonchev–Trinajstić information content (AvgIpc) is 3.12. The molecule has 6 N–H and O–H groups in total. The molecule has 2 aromatic rings. The smallest absolute Gasteiger partial charge is 0.202 e. The van der Waals surface area contributed by atoms with Crippen LogP contribution in [0.1, 0.15) is 109 Å². The number of aromatic hydroxyl groups is 2. The van der Waals surface area contributed by atoms with Crippen molar-refractivity contribution in [1.29, 1.82) is 0 Å². The molecule has 0 aromatic heterocycles. The molecule has 5 aliphatic rings. The summed E-state index contributed by atoms with van der Waals surface area (Å²) in [5.74, 6) is -3.34. The third-order valence-electron chi connectivity index (χ3n) is 11.5. The molecule has 16 heteroatoms. The quantitative estimate of drug-likeness (QED) is 0.206. The summed E-state index contributed by atoms with van der Waals surface area (Å²) in [7, 11) is 1.34. The number of phenolic OH excluding ortho intramolecular Hbond substituents is 2. The Labute approximate surface area is 316 Å². The molecule has 2 aliphatic carbocycles. The van der Waals surface area contributed by atoms with E-state index in [2.05, 4.69) is 0 Å². The zero-order valence-corrected chi connectivity index (χ0v) is 31.2. The Morgan fingerprint density at radius 1 is 0.873 bits per heavy atom. The van der Waals surface area contributed by atoms with Gasteiger partial charge in [0.05, 0.1) is 48.2 Å². The lowest BCUT2D eigenvalue weighted by atomic mass is 9.72. The standard InChI is InChI=1S/C39H47NO15/c1-15-22(42)9-10-26(50-15)54-38-17(3)52-28(12-23(38)43)55-37-16(2)51-27(11-21(37)40)53-25-14-39(48,18(4)41)13-20-30(25)36(47)32-31(34(20)45)33(44)19-7-6-8-24(49-5)29(19)35(32)46/h6-8,15-17,21,23,25-28,37-38,43,45,47-48H,9-14,40H2,1-5H3/t15-,16-,17-,21-,23-,25-,26-,27-,28-,37+,38+,39-/m0/s1. The van der Waals surface area contributed by atoms with Gasteiger partial charge in [0, 0.05) is 61.3 Å². The van der Waals surface area contributed by atoms with E-state index in [9.17, 15) is 39.6 Å². The third kappa shape index (κ3) is 6.97. The summed E-state index contributed by atoms with van der Waals surface area (Å²) in [6, 6.07) is 3.71. The molecule has 3 saturated heterocycles. The highest BCUT2D eigenvalue weighted by molar-refractivity contribution is 6.31. The Kier molecular flexibility index (Phi) is 10.7. The molecular formula is C39H47NO15. The number of ether oxygens (including phenoxy) is 7. The minimum Gasteiger partial charge on any atom is -0.507 e. The van der Waals surface area contributed by atoms with E-state index in [4.69, 9.17) is 38.9 Å². The molecule has 3 heterocycles. The van der Waals surface area contributed by atoms with E-state index >= 15 is 0 Å². The third-order valence-corrected chi connectivity index (χ3v) is 11.5. The number of rotatable bonds is 8. The van der Waals surface area contributed by atoms with Gasteiger partial charge < -0.3 is 59.3 Å². The van der Waals surface area contributed by atoms with Crippen LogP contribution in [0.25, 0.3) is 0 Å². The lowest BCUT2D eigenvalue weighted by Crippen LogP contribution is -2.57. The van der Waals surface area contributed by atoms with Crippen LogP contribution >= 0.6 is 0 Å². The number of Topliss-reactive ketones (excluding diaryl/α,β-unsaturated/α-hetero) is 2. The Balaban J connectivity index is 1.09. The van der Waals surface area contributed by atoms with E-state index in [0.717, 1.165) is 0 Å². The van der Waals surface area contributed by atoms with E-state index in [-0.39, 0.29) is 53.0 Å². The summed E-state index contributed by atoms with van der Waals surface area (Å²) in [4.78, 5) is 52.3. The zero-order valence-electron chi connectivity index (χ0n) is 31.2. The summed E-state index contributed by atoms with van der Waals surface area (Å²) < 4.78 is 41.8. The number of hydrogen-bond acceptors (Lipinski definition) is 16. The molecule has 3 fully saturated rings. The fraction of sp³-hybridized carbons (Fsp3) is 0.590. The van der Waals surface area contributed by atoms with Crippen molar-refractivity contribution < 1.29 is 72.8 Å². The van der Waals surface area contributed by atoms with E-state index in [1.165, 1.54) is 32.2 Å². The van der Waals surface area contributed by atoms with Gasteiger partial charge in [-0.25, -0.2) is 0 Å². The van der Waals surface area contributed by atoms with Crippen molar-refractivity contribution in [3.8, 4) is 17.2 Å². The summed E-state index contributed by atoms with van der Waals surface area (Å²) in [5, 5.41) is 45.9. The zero-order chi connectivity index (χ0) is 39.7. The normalized spacial score (nSPS) is 36.1. The van der Waals surface area contributed by atoms with E-state index in [1.807, 2.05) is 0 Å². The molecule has 12 atom stereocenters. The van der Waals surface area contributed by atoms with Crippen LogP contribution in [0.2, 0.25) is 0 Å². The minimum absolute atomic E-state index is 0.00578. The van der Waals surface area contributed by atoms with Gasteiger partial charge in [-0.3, -0.25) is 19.2 Å². The Morgan fingerprint density at radius 2 is 1.53 bits per heavy atom. The second-order valence-corrected chi connectivity index (χ2v) is 15.1. The van der Waals surface area contributed by atoms with Gasteiger partial charge in [0.2, 0.25) is 5.78 Å². The van der Waals surface area contributed by atoms with Crippen molar-refractivity contribution in [3.63, 3.8) is 0 Å². The summed E-state index contributed by atoms with van der Waals surface area (Å²) >= 11 is 0. The van der Waals surface area contributed by atoms with Crippen LogP contribution in [0.15, 0.2) is 18.2 Å². The van der Waals surface area contributed by atoms with Crippen molar-refractivity contribution in [2.24, 2.45) is 5.73 Å². The lowest BCUT2D eigenvalue weighted by molar-refractivity contribution is -0.319. The van der Waals surface area contributed by atoms with Gasteiger partial charge in [0.1, 0.15) is 41.2 Å². The van der Waals surface area contributed by atoms with Crippen LogP contribution in [0.4, 0.5) is 0 Å². The van der Waals surface area contributed by atoms with Gasteiger partial charge in [-0.1, -0.05) is 12.1 Å². The topological polar surface area (TPSA) is 240 Å². The fourth-order valence-corrected chi connectivity index (χ4v) is 8.45. The predicted molar refractivity (Wildman–Crippen MR) is 188 cm³/mol. The van der Waals surface area contributed by atoms with Crippen molar-refractivity contribution >= 4 is 23.1 Å². The molecule has 3 aliphatic heterocycles. The van der Waals surface area contributed by atoms with Crippen LogP contribution in [0, 0.1) is 0 Å². The maximum atomic E-state index is 13.9. The van der Waals surface area contributed by atoms with Crippen LogP contribution in [-0.2, 0) is 44.4 Å². The Bertz CT molecular complexity index is 1870. The number of carbonyl (C=O) groups is 4. The van der Waals surface area contributed by atoms with Gasteiger partial charge in [-0.15, -0.1) is 0 Å². The predicted octanol–water partition coefficient (Wildman–Crippen LogP) is 2.03. The van der Waals surface area contributed by atoms with Gasteiger partial charge >= 0.3 is 0 Å². The molecule has 0 unspecified atom stereocenters. The molecule has 0 radical (unpaired) electrons. The molecular weight excluding hydrogens is 722 g/mol. The first-order valence-corrected chi connectivity index (χ1v) is 18.5. The minimum atomic E-state index is -2.07. The van der Waals surface area contributed by atoms with E-state index < -0.39 is 120 Å². The second kappa shape index (κ2) is 14.9. The van der Waals surface area contributed by atoms with Crippen molar-refractivity contribution in [2.75, 3.05) is 7.11 Å². The van der Waals surface area contributed by atoms with Gasteiger partial charge in [0.25, 0.3) is 0 Å². The number of aliphatic hydroxyl groups is 2. The maximum absolute atomic E-state index is 13.9. The molecule has 0 bridgehead atoms. The van der Waals surface area contributed by atoms with Crippen molar-refractivity contribution in [1.82, 2.24) is 0 Å². The van der Waals surface area contributed by atoms with Crippen LogP contribution in [-0.4, -0.2) is 118 Å². The number of fused-ring (bicyclic) bond motifs is 3. The largest absolute Gasteiger partial charge is 0.507 e. The number of hydrogen-bond donors (Lipinski definition) is 5. The van der Waals surface area contributed by atoms with Gasteiger partial charge in [0.15, 0.2) is 36.2 Å². The number of methoxy groups -OCH3 is 1. The first kappa shape index (κ1) is 39.4. The highest BCUT2D eigenvalue weighted by atomic mass is 16.7. The molecule has 0 spiro atoms. The highest BCUT2D eigenvalue weighted by Crippen LogP contribution is 2.52. The Hall–Kier alpha value is -3.84. The fourth-order valence-electron chi connectivity index (χ4n) is 8.45. The number of aliphatic hydroxyl groups excluding tert-OH is 1. The van der Waals surface area contributed by atoms with Crippen LogP contribution in [0.5, 0.6) is 17.2 Å². The summed E-state index contributed by atoms with van der Waals surface area (Å²) in [5.41, 5.74) is 3.35. The van der Waals surface area contributed by atoms with Crippen LogP contribution in [0.3, 0.4) is 0 Å². The average molecular weight is 770 g/mol. The molecule has 16 nitrogen and oxygen atoms in total. The van der Waals surface area contributed by atoms with E-state index in [0.29, 0.717) is 12.8 Å².